The number of carboxylic acid groups (broad SMARTS) is 1. The van der Waals surface area contributed by atoms with E-state index < -0.39 is 18.1 Å². The molecular weight excluding hydrogens is 436 g/mol. The second kappa shape index (κ2) is 10.7. The van der Waals surface area contributed by atoms with Crippen LogP contribution in [-0.4, -0.2) is 56.0 Å². The lowest BCUT2D eigenvalue weighted by Crippen LogP contribution is -2.47. The van der Waals surface area contributed by atoms with Gasteiger partial charge in [-0.15, -0.1) is 0 Å². The number of nitrogens with one attached hydrogen (secondary N) is 2. The Morgan fingerprint density at radius 2 is 1.68 bits per heavy atom. The van der Waals surface area contributed by atoms with Crippen molar-refractivity contribution in [2.45, 2.75) is 31.2 Å². The highest BCUT2D eigenvalue weighted by Crippen LogP contribution is 2.44. The van der Waals surface area contributed by atoms with Crippen LogP contribution in [0.2, 0.25) is 0 Å². The molecule has 34 heavy (non-hydrogen) atoms. The summed E-state index contributed by atoms with van der Waals surface area (Å²) in [5.41, 5.74) is 4.63. The Bertz CT molecular complexity index is 1010. The summed E-state index contributed by atoms with van der Waals surface area (Å²) in [5.74, 6) is -1.90. The first-order chi connectivity index (χ1) is 16.5. The van der Waals surface area contributed by atoms with Crippen LogP contribution in [0.25, 0.3) is 11.1 Å². The van der Waals surface area contributed by atoms with Crippen LogP contribution in [0.5, 0.6) is 0 Å². The Morgan fingerprint density at radius 1 is 1.03 bits per heavy atom. The Kier molecular flexibility index (Phi) is 7.47. The molecule has 0 bridgehead atoms. The highest BCUT2D eigenvalue weighted by Gasteiger charge is 2.35. The van der Waals surface area contributed by atoms with Crippen molar-refractivity contribution in [1.29, 1.82) is 0 Å². The standard InChI is InChI=1S/C26H30N2O6/c1-33-15-23(25(30)31)28-24(29)17-12-6-7-16(17)13-27-26(32)34-14-22-20-10-4-2-8-18(20)19-9-3-5-11-21(19)22/h2-5,8-11,16-17,22-23H,6-7,12-15H2,1H3,(H,27,32)(H,28,29)(H,30,31)/t16-,17-,23-/m0/s1. The predicted molar refractivity (Wildman–Crippen MR) is 125 cm³/mol. The van der Waals surface area contributed by atoms with E-state index >= 15 is 0 Å². The van der Waals surface area contributed by atoms with Gasteiger partial charge >= 0.3 is 12.1 Å². The molecular formula is C26H30N2O6. The molecule has 0 unspecified atom stereocenters. The van der Waals surface area contributed by atoms with E-state index in [9.17, 15) is 19.5 Å². The van der Waals surface area contributed by atoms with Crippen molar-refractivity contribution in [3.63, 3.8) is 0 Å². The molecule has 0 aliphatic heterocycles. The number of alkyl carbamates (subject to hydrolysis) is 1. The van der Waals surface area contributed by atoms with Gasteiger partial charge in [0.2, 0.25) is 5.91 Å². The Labute approximate surface area is 198 Å². The van der Waals surface area contributed by atoms with E-state index in [2.05, 4.69) is 34.9 Å². The molecule has 1 saturated carbocycles. The number of hydrogen-bond acceptors (Lipinski definition) is 5. The van der Waals surface area contributed by atoms with Gasteiger partial charge in [-0.25, -0.2) is 9.59 Å². The molecule has 1 fully saturated rings. The summed E-state index contributed by atoms with van der Waals surface area (Å²) in [7, 11) is 1.39. The first-order valence-electron chi connectivity index (χ1n) is 11.6. The van der Waals surface area contributed by atoms with Gasteiger partial charge in [-0.05, 0) is 41.0 Å². The lowest BCUT2D eigenvalue weighted by Gasteiger charge is -2.22. The molecule has 2 aliphatic carbocycles. The summed E-state index contributed by atoms with van der Waals surface area (Å²) >= 11 is 0. The minimum absolute atomic E-state index is 0.0168. The van der Waals surface area contributed by atoms with Crippen LogP contribution < -0.4 is 10.6 Å². The van der Waals surface area contributed by atoms with Crippen LogP contribution >= 0.6 is 0 Å². The first-order valence-corrected chi connectivity index (χ1v) is 11.6. The maximum absolute atomic E-state index is 12.6. The van der Waals surface area contributed by atoms with Gasteiger partial charge in [0.25, 0.3) is 0 Å². The van der Waals surface area contributed by atoms with E-state index in [-0.39, 0.29) is 36.9 Å². The molecule has 4 rings (SSSR count). The average molecular weight is 467 g/mol. The molecule has 2 amide bonds. The number of methoxy groups -OCH3 is 1. The van der Waals surface area contributed by atoms with Crippen molar-refractivity contribution >= 4 is 18.0 Å². The number of hydrogen-bond donors (Lipinski definition) is 3. The lowest BCUT2D eigenvalue weighted by atomic mass is 9.95. The van der Waals surface area contributed by atoms with Crippen molar-refractivity contribution < 1.29 is 29.0 Å². The van der Waals surface area contributed by atoms with E-state index in [0.717, 1.165) is 24.0 Å². The topological polar surface area (TPSA) is 114 Å². The van der Waals surface area contributed by atoms with Gasteiger partial charge in [0, 0.05) is 25.5 Å². The maximum atomic E-state index is 12.6. The van der Waals surface area contributed by atoms with Crippen molar-refractivity contribution in [3.8, 4) is 11.1 Å². The van der Waals surface area contributed by atoms with Gasteiger partial charge in [0.05, 0.1) is 6.61 Å². The lowest BCUT2D eigenvalue weighted by molar-refractivity contribution is -0.144. The Morgan fingerprint density at radius 3 is 2.29 bits per heavy atom. The number of fused-ring (bicyclic) bond motifs is 3. The molecule has 2 aliphatic rings. The minimum Gasteiger partial charge on any atom is -0.480 e. The summed E-state index contributed by atoms with van der Waals surface area (Å²) in [6, 6.07) is 15.2. The Hall–Kier alpha value is -3.39. The summed E-state index contributed by atoms with van der Waals surface area (Å²) in [6.07, 6.45) is 1.76. The van der Waals surface area contributed by atoms with Crippen molar-refractivity contribution in [1.82, 2.24) is 10.6 Å². The number of carboxylic acids is 1. The third-order valence-electron chi connectivity index (χ3n) is 6.80. The van der Waals surface area contributed by atoms with Gasteiger partial charge in [0.15, 0.2) is 6.04 Å². The SMILES string of the molecule is COC[C@H](NC(=O)[C@H]1CCC[C@H]1CNC(=O)OCC1c2ccccc2-c2ccccc21)C(=O)O. The number of carbonyl (C=O) groups is 3. The number of ether oxygens (including phenoxy) is 2. The van der Waals surface area contributed by atoms with Crippen LogP contribution in [0, 0.1) is 11.8 Å². The molecule has 2 aromatic rings. The fraction of sp³-hybridized carbons (Fsp3) is 0.423. The zero-order valence-electron chi connectivity index (χ0n) is 19.2. The molecule has 3 N–H and O–H groups in total. The van der Waals surface area contributed by atoms with Crippen LogP contribution in [-0.2, 0) is 19.1 Å². The number of amides is 2. The van der Waals surface area contributed by atoms with E-state index in [1.807, 2.05) is 24.3 Å². The summed E-state index contributed by atoms with van der Waals surface area (Å²) < 4.78 is 10.5. The second-order valence-electron chi connectivity index (χ2n) is 8.86. The van der Waals surface area contributed by atoms with Gasteiger partial charge < -0.3 is 25.2 Å². The zero-order valence-corrected chi connectivity index (χ0v) is 19.2. The van der Waals surface area contributed by atoms with Crippen LogP contribution in [0.4, 0.5) is 4.79 Å². The quantitative estimate of drug-likeness (QED) is 0.523. The zero-order chi connectivity index (χ0) is 24.1. The largest absolute Gasteiger partial charge is 0.480 e. The maximum Gasteiger partial charge on any atom is 0.407 e. The third kappa shape index (κ3) is 5.07. The number of carbonyl (C=O) groups excluding carboxylic acids is 2. The molecule has 8 heteroatoms. The number of rotatable bonds is 9. The summed E-state index contributed by atoms with van der Waals surface area (Å²) in [4.78, 5) is 36.4. The first kappa shape index (κ1) is 23.8. The highest BCUT2D eigenvalue weighted by molar-refractivity contribution is 5.85. The summed E-state index contributed by atoms with van der Waals surface area (Å²) in [5, 5.41) is 14.6. The van der Waals surface area contributed by atoms with Crippen LogP contribution in [0.15, 0.2) is 48.5 Å². The van der Waals surface area contributed by atoms with Crippen molar-refractivity contribution in [2.24, 2.45) is 11.8 Å². The molecule has 0 heterocycles. The molecule has 3 atom stereocenters. The van der Waals surface area contributed by atoms with Crippen molar-refractivity contribution in [3.05, 3.63) is 59.7 Å². The van der Waals surface area contributed by atoms with Crippen molar-refractivity contribution in [2.75, 3.05) is 26.9 Å². The van der Waals surface area contributed by atoms with Gasteiger partial charge in [-0.1, -0.05) is 55.0 Å². The van der Waals surface area contributed by atoms with Crippen LogP contribution in [0.1, 0.15) is 36.3 Å². The third-order valence-corrected chi connectivity index (χ3v) is 6.80. The van der Waals surface area contributed by atoms with Crippen LogP contribution in [0.3, 0.4) is 0 Å². The van der Waals surface area contributed by atoms with Gasteiger partial charge in [-0.2, -0.15) is 0 Å². The molecule has 180 valence electrons. The van der Waals surface area contributed by atoms with E-state index in [0.29, 0.717) is 13.0 Å². The number of benzene rings is 2. The normalized spacial score (nSPS) is 19.7. The molecule has 0 saturated heterocycles. The molecule has 0 aromatic heterocycles. The van der Waals surface area contributed by atoms with Gasteiger partial charge in [-0.3, -0.25) is 4.79 Å². The second-order valence-corrected chi connectivity index (χ2v) is 8.86. The van der Waals surface area contributed by atoms with E-state index in [1.165, 1.54) is 18.2 Å². The van der Waals surface area contributed by atoms with E-state index in [4.69, 9.17) is 9.47 Å². The molecule has 0 spiro atoms. The molecule has 2 aromatic carbocycles. The monoisotopic (exact) mass is 466 g/mol. The summed E-state index contributed by atoms with van der Waals surface area (Å²) in [6.45, 7) is 0.430. The van der Waals surface area contributed by atoms with E-state index in [1.54, 1.807) is 0 Å². The predicted octanol–water partition coefficient (Wildman–Crippen LogP) is 3.16. The number of aliphatic carboxylic acids is 1. The van der Waals surface area contributed by atoms with Gasteiger partial charge in [0.1, 0.15) is 6.61 Å². The average Bonchev–Trinajstić information content (AvgIpc) is 3.44. The smallest absolute Gasteiger partial charge is 0.407 e. The molecule has 8 nitrogen and oxygen atoms in total. The highest BCUT2D eigenvalue weighted by atomic mass is 16.5. The fourth-order valence-electron chi connectivity index (χ4n) is 5.11. The Balaban J connectivity index is 1.30. The molecule has 0 radical (unpaired) electrons. The minimum atomic E-state index is -1.14. The fourth-order valence-corrected chi connectivity index (χ4v) is 5.11.